The van der Waals surface area contributed by atoms with Crippen LogP contribution in [-0.4, -0.2) is 49.8 Å². The molecule has 0 spiro atoms. The molecule has 0 aromatic rings. The van der Waals surface area contributed by atoms with Crippen LogP contribution in [-0.2, 0) is 19.1 Å². The summed E-state index contributed by atoms with van der Waals surface area (Å²) in [5.41, 5.74) is 0. The van der Waals surface area contributed by atoms with Gasteiger partial charge in [0, 0.05) is 12.6 Å². The van der Waals surface area contributed by atoms with E-state index in [9.17, 15) is 9.59 Å². The van der Waals surface area contributed by atoms with E-state index >= 15 is 0 Å². The van der Waals surface area contributed by atoms with E-state index in [-0.39, 0.29) is 48.0 Å². The summed E-state index contributed by atoms with van der Waals surface area (Å²) in [7, 11) is 1.41. The molecular weight excluding hydrogens is 296 g/mol. The van der Waals surface area contributed by atoms with Crippen molar-refractivity contribution >= 4 is 11.9 Å². The first-order valence-electron chi connectivity index (χ1n) is 8.76. The van der Waals surface area contributed by atoms with Crippen LogP contribution in [0.2, 0.25) is 0 Å². The van der Waals surface area contributed by atoms with E-state index in [1.807, 2.05) is 13.8 Å². The Bertz CT molecular complexity index is 427. The van der Waals surface area contributed by atoms with E-state index in [4.69, 9.17) is 9.47 Å². The number of hydrogen-bond donors (Lipinski definition) is 2. The zero-order chi connectivity index (χ0) is 17.0. The van der Waals surface area contributed by atoms with Crippen LogP contribution in [0.5, 0.6) is 0 Å². The zero-order valence-corrected chi connectivity index (χ0v) is 14.6. The second-order valence-electron chi connectivity index (χ2n) is 6.90. The van der Waals surface area contributed by atoms with Gasteiger partial charge in [-0.3, -0.25) is 14.9 Å². The highest BCUT2D eigenvalue weighted by molar-refractivity contribution is 5.82. The van der Waals surface area contributed by atoms with Gasteiger partial charge in [-0.05, 0) is 25.2 Å². The molecule has 2 bridgehead atoms. The highest BCUT2D eigenvalue weighted by Crippen LogP contribution is 2.40. The number of amides is 1. The van der Waals surface area contributed by atoms with E-state index in [0.29, 0.717) is 6.54 Å². The van der Waals surface area contributed by atoms with Crippen molar-refractivity contribution in [3.05, 3.63) is 0 Å². The number of nitrogens with one attached hydrogen (secondary N) is 2. The van der Waals surface area contributed by atoms with Crippen molar-refractivity contribution in [2.24, 2.45) is 11.8 Å². The minimum Gasteiger partial charge on any atom is -0.469 e. The third kappa shape index (κ3) is 4.04. The summed E-state index contributed by atoms with van der Waals surface area (Å²) >= 11 is 0. The van der Waals surface area contributed by atoms with Gasteiger partial charge in [-0.25, -0.2) is 0 Å². The molecule has 2 fully saturated rings. The van der Waals surface area contributed by atoms with Gasteiger partial charge in [-0.1, -0.05) is 27.2 Å². The van der Waals surface area contributed by atoms with Gasteiger partial charge in [0.1, 0.15) is 5.92 Å². The highest BCUT2D eigenvalue weighted by Gasteiger charge is 2.53. The summed E-state index contributed by atoms with van der Waals surface area (Å²) in [6.07, 6.45) is 3.74. The van der Waals surface area contributed by atoms with Crippen LogP contribution in [0.3, 0.4) is 0 Å². The molecule has 1 unspecified atom stereocenters. The van der Waals surface area contributed by atoms with Crippen LogP contribution >= 0.6 is 0 Å². The van der Waals surface area contributed by atoms with E-state index in [1.54, 1.807) is 0 Å². The number of carbonyl (C=O) groups is 2. The first kappa shape index (κ1) is 18.2. The Balaban J connectivity index is 2.03. The Hall–Kier alpha value is -1.14. The van der Waals surface area contributed by atoms with E-state index in [2.05, 4.69) is 17.6 Å². The highest BCUT2D eigenvalue weighted by atomic mass is 16.5. The maximum atomic E-state index is 12.5. The number of unbranched alkanes of at least 4 members (excludes halogenated alkanes) is 1. The fourth-order valence-corrected chi connectivity index (χ4v) is 3.60. The first-order chi connectivity index (χ1) is 11.0. The number of fused-ring (bicyclic) bond motifs is 2. The molecule has 6 heteroatoms. The summed E-state index contributed by atoms with van der Waals surface area (Å²) in [5.74, 6) is -0.430. The lowest BCUT2D eigenvalue weighted by molar-refractivity contribution is -0.148. The van der Waals surface area contributed by atoms with Crippen molar-refractivity contribution in [3.8, 4) is 0 Å². The van der Waals surface area contributed by atoms with Crippen LogP contribution in [0.25, 0.3) is 0 Å². The maximum absolute atomic E-state index is 12.5. The van der Waals surface area contributed by atoms with Gasteiger partial charge < -0.3 is 14.8 Å². The van der Waals surface area contributed by atoms with Crippen LogP contribution in [0.1, 0.15) is 46.5 Å². The fourth-order valence-electron chi connectivity index (χ4n) is 3.60. The van der Waals surface area contributed by atoms with Crippen molar-refractivity contribution in [3.63, 3.8) is 0 Å². The van der Waals surface area contributed by atoms with Crippen LogP contribution in [0.4, 0.5) is 0 Å². The molecule has 0 aromatic carbocycles. The summed E-state index contributed by atoms with van der Waals surface area (Å²) in [6.45, 7) is 6.81. The van der Waals surface area contributed by atoms with Gasteiger partial charge >= 0.3 is 5.97 Å². The number of esters is 1. The van der Waals surface area contributed by atoms with Crippen LogP contribution in [0, 0.1) is 11.8 Å². The molecule has 2 aliphatic rings. The maximum Gasteiger partial charge on any atom is 0.313 e. The molecule has 2 rings (SSSR count). The van der Waals surface area contributed by atoms with Crippen LogP contribution < -0.4 is 10.6 Å². The standard InChI is InChI=1S/C17H30N2O4/c1-5-6-9-18-16(20)14(10(2)3)19-15-12-8-7-11(23-12)13(15)17(21)22-4/h10-15,19H,5-9H2,1-4H3,(H,18,20)/t11-,12+,13+,14?,15+/m0/s1. The molecule has 0 saturated carbocycles. The largest absolute Gasteiger partial charge is 0.469 e. The van der Waals surface area contributed by atoms with Crippen molar-refractivity contribution in [1.29, 1.82) is 0 Å². The SMILES string of the molecule is CCCCNC(=O)C(N[C@H]1[C@H](C(=O)OC)[C@@H]2CC[C@H]1O2)C(C)C. The summed E-state index contributed by atoms with van der Waals surface area (Å²) < 4.78 is 10.8. The number of rotatable bonds is 8. The number of methoxy groups -OCH3 is 1. The Morgan fingerprint density at radius 3 is 2.57 bits per heavy atom. The van der Waals surface area contributed by atoms with Crippen molar-refractivity contribution in [1.82, 2.24) is 10.6 Å². The molecule has 1 amide bonds. The minimum atomic E-state index is -0.327. The molecule has 2 saturated heterocycles. The Morgan fingerprint density at radius 1 is 1.26 bits per heavy atom. The van der Waals surface area contributed by atoms with Gasteiger partial charge in [0.25, 0.3) is 0 Å². The molecule has 2 N–H and O–H groups in total. The molecule has 0 aromatic heterocycles. The van der Waals surface area contributed by atoms with Crippen molar-refractivity contribution in [2.75, 3.05) is 13.7 Å². The average Bonchev–Trinajstić information content (AvgIpc) is 3.12. The molecule has 6 nitrogen and oxygen atoms in total. The smallest absolute Gasteiger partial charge is 0.313 e. The minimum absolute atomic E-state index is 0.000149. The molecule has 5 atom stereocenters. The van der Waals surface area contributed by atoms with Gasteiger partial charge in [-0.15, -0.1) is 0 Å². The predicted molar refractivity (Wildman–Crippen MR) is 86.9 cm³/mol. The summed E-state index contributed by atoms with van der Waals surface area (Å²) in [6, 6.07) is -0.475. The van der Waals surface area contributed by atoms with Gasteiger partial charge in [0.05, 0.1) is 25.4 Å². The number of hydrogen-bond acceptors (Lipinski definition) is 5. The quantitative estimate of drug-likeness (QED) is 0.518. The first-order valence-corrected chi connectivity index (χ1v) is 8.76. The number of ether oxygens (including phenoxy) is 2. The molecule has 23 heavy (non-hydrogen) atoms. The molecule has 2 heterocycles. The molecule has 132 valence electrons. The Kier molecular flexibility index (Phi) is 6.41. The van der Waals surface area contributed by atoms with Gasteiger partial charge in [0.15, 0.2) is 0 Å². The lowest BCUT2D eigenvalue weighted by Crippen LogP contribution is -2.57. The lowest BCUT2D eigenvalue weighted by atomic mass is 9.83. The third-order valence-electron chi connectivity index (χ3n) is 4.90. The van der Waals surface area contributed by atoms with Crippen molar-refractivity contribution < 1.29 is 19.1 Å². The second-order valence-corrected chi connectivity index (χ2v) is 6.90. The van der Waals surface area contributed by atoms with E-state index in [1.165, 1.54) is 7.11 Å². The second kappa shape index (κ2) is 8.11. The topological polar surface area (TPSA) is 76.7 Å². The Labute approximate surface area is 138 Å². The van der Waals surface area contributed by atoms with Gasteiger partial charge in [0.2, 0.25) is 5.91 Å². The third-order valence-corrected chi connectivity index (χ3v) is 4.90. The molecule has 2 aliphatic heterocycles. The predicted octanol–water partition coefficient (Wildman–Crippen LogP) is 1.24. The molecule has 0 radical (unpaired) electrons. The lowest BCUT2D eigenvalue weighted by Gasteiger charge is -2.32. The zero-order valence-electron chi connectivity index (χ0n) is 14.6. The van der Waals surface area contributed by atoms with E-state index < -0.39 is 0 Å². The average molecular weight is 326 g/mol. The number of carbonyl (C=O) groups excluding carboxylic acids is 2. The monoisotopic (exact) mass is 326 g/mol. The molecular formula is C17H30N2O4. The van der Waals surface area contributed by atoms with Gasteiger partial charge in [-0.2, -0.15) is 0 Å². The van der Waals surface area contributed by atoms with Crippen molar-refractivity contribution in [2.45, 2.75) is 70.7 Å². The summed E-state index contributed by atoms with van der Waals surface area (Å²) in [5, 5.41) is 6.38. The Morgan fingerprint density at radius 2 is 1.96 bits per heavy atom. The normalized spacial score (nSPS) is 30.5. The molecule has 0 aliphatic carbocycles. The summed E-state index contributed by atoms with van der Waals surface area (Å²) in [4.78, 5) is 24.6. The van der Waals surface area contributed by atoms with E-state index in [0.717, 1.165) is 25.7 Å². The van der Waals surface area contributed by atoms with Crippen LogP contribution in [0.15, 0.2) is 0 Å². The fraction of sp³-hybridized carbons (Fsp3) is 0.882.